The van der Waals surface area contributed by atoms with Gasteiger partial charge in [-0.05, 0) is 0 Å². The topological polar surface area (TPSA) is 76.2 Å². The fraction of sp³-hybridized carbons (Fsp3) is 0.125. The van der Waals surface area contributed by atoms with Gasteiger partial charge in [-0.2, -0.15) is 0 Å². The van der Waals surface area contributed by atoms with Crippen LogP contribution in [0.5, 0.6) is 5.75 Å². The van der Waals surface area contributed by atoms with Crippen molar-refractivity contribution in [3.05, 3.63) is 28.3 Å². The molecule has 0 atom stereocenters. The minimum atomic E-state index is -0.519. The predicted octanol–water partition coefficient (Wildman–Crippen LogP) is 0.414. The van der Waals surface area contributed by atoms with Crippen molar-refractivity contribution in [1.29, 1.82) is 5.26 Å². The number of nitriles is 1. The fourth-order valence-electron chi connectivity index (χ4n) is 0.902. The van der Waals surface area contributed by atoms with Crippen LogP contribution in [0.3, 0.4) is 0 Å². The summed E-state index contributed by atoms with van der Waals surface area (Å²) in [5.41, 5.74) is -0.0501. The van der Waals surface area contributed by atoms with Gasteiger partial charge >= 0.3 is 86.2 Å². The minimum absolute atomic E-state index is 0.0501. The van der Waals surface area contributed by atoms with Gasteiger partial charge in [-0.3, -0.25) is 0 Å². The molecule has 0 unspecified atom stereocenters. The number of benzene rings is 1. The van der Waals surface area contributed by atoms with Crippen LogP contribution in [0.4, 0.5) is 5.69 Å². The van der Waals surface area contributed by atoms with Crippen molar-refractivity contribution in [2.24, 2.45) is 0 Å². The third kappa shape index (κ3) is 2.22. The molecule has 0 saturated heterocycles. The van der Waals surface area contributed by atoms with Crippen LogP contribution >= 0.6 is 0 Å². The second-order valence-corrected chi connectivity index (χ2v) is 4.02. The molecule has 0 aromatic heterocycles. The molecule has 0 amide bonds. The average Bonchev–Trinajstić information content (AvgIpc) is 2.18. The molecule has 0 aliphatic heterocycles. The van der Waals surface area contributed by atoms with Crippen LogP contribution in [-0.4, -0.2) is 27.0 Å². The standard InChI is InChI=1S/C8H6N2O3Se/c1-13-6-2-3-8(14-5-9)7(4-6)10(11)12/h2-4H,1H3. The second-order valence-electron chi connectivity index (χ2n) is 2.28. The van der Waals surface area contributed by atoms with Crippen molar-refractivity contribution >= 4 is 25.1 Å². The first kappa shape index (κ1) is 10.5. The maximum atomic E-state index is 10.6. The summed E-state index contributed by atoms with van der Waals surface area (Å²) in [5, 5.41) is 19.1. The second kappa shape index (κ2) is 4.61. The summed E-state index contributed by atoms with van der Waals surface area (Å²) in [6, 6.07) is 4.50. The summed E-state index contributed by atoms with van der Waals surface area (Å²) >= 11 is -0.519. The van der Waals surface area contributed by atoms with Gasteiger partial charge in [0, 0.05) is 0 Å². The molecule has 0 heterocycles. The molecule has 0 aliphatic rings. The Labute approximate surface area is 86.6 Å². The van der Waals surface area contributed by atoms with Gasteiger partial charge in [-0.25, -0.2) is 0 Å². The van der Waals surface area contributed by atoms with Crippen molar-refractivity contribution in [1.82, 2.24) is 0 Å². The van der Waals surface area contributed by atoms with Crippen LogP contribution in [0, 0.1) is 20.3 Å². The number of hydrogen-bond acceptors (Lipinski definition) is 4. The van der Waals surface area contributed by atoms with Gasteiger partial charge in [-0.15, -0.1) is 0 Å². The molecule has 1 aromatic carbocycles. The molecule has 0 radical (unpaired) electrons. The summed E-state index contributed by atoms with van der Waals surface area (Å²) in [7, 11) is 1.44. The van der Waals surface area contributed by atoms with Gasteiger partial charge in [0.05, 0.1) is 0 Å². The molecule has 1 rings (SSSR count). The maximum absolute atomic E-state index is 10.6. The summed E-state index contributed by atoms with van der Waals surface area (Å²) in [4.78, 5) is 12.0. The van der Waals surface area contributed by atoms with Gasteiger partial charge < -0.3 is 0 Å². The van der Waals surface area contributed by atoms with Crippen molar-refractivity contribution in [2.45, 2.75) is 0 Å². The fourth-order valence-corrected chi connectivity index (χ4v) is 1.89. The average molecular weight is 257 g/mol. The Morgan fingerprint density at radius 1 is 1.64 bits per heavy atom. The Kier molecular flexibility index (Phi) is 3.46. The van der Waals surface area contributed by atoms with Crippen LogP contribution in [0.1, 0.15) is 0 Å². The number of rotatable bonds is 3. The van der Waals surface area contributed by atoms with Crippen molar-refractivity contribution in [3.8, 4) is 10.7 Å². The van der Waals surface area contributed by atoms with Gasteiger partial charge in [-0.1, -0.05) is 0 Å². The van der Waals surface area contributed by atoms with E-state index in [1.54, 1.807) is 12.1 Å². The van der Waals surface area contributed by atoms with Gasteiger partial charge in [0.2, 0.25) is 0 Å². The normalized spacial score (nSPS) is 9.14. The zero-order valence-corrected chi connectivity index (χ0v) is 8.97. The molecule has 1 aromatic rings. The molecular weight excluding hydrogens is 251 g/mol. The predicted molar refractivity (Wildman–Crippen MR) is 50.6 cm³/mol. The Morgan fingerprint density at radius 3 is 2.86 bits per heavy atom. The molecule has 0 bridgehead atoms. The number of nitro benzene ring substituents is 1. The van der Waals surface area contributed by atoms with E-state index in [0.717, 1.165) is 0 Å². The molecule has 0 spiro atoms. The van der Waals surface area contributed by atoms with Crippen LogP contribution in [-0.2, 0) is 0 Å². The molecule has 0 N–H and O–H groups in total. The molecule has 14 heavy (non-hydrogen) atoms. The number of nitro groups is 1. The first-order chi connectivity index (χ1) is 6.69. The molecular formula is C8H6N2O3Se. The number of hydrogen-bond donors (Lipinski definition) is 0. The molecule has 6 heteroatoms. The van der Waals surface area contributed by atoms with Crippen LogP contribution in [0.15, 0.2) is 18.2 Å². The van der Waals surface area contributed by atoms with Crippen LogP contribution in [0.25, 0.3) is 0 Å². The van der Waals surface area contributed by atoms with E-state index in [2.05, 4.69) is 0 Å². The van der Waals surface area contributed by atoms with Crippen LogP contribution < -0.4 is 9.20 Å². The summed E-state index contributed by atoms with van der Waals surface area (Å²) in [6.07, 6.45) is 0. The van der Waals surface area contributed by atoms with Gasteiger partial charge in [0.25, 0.3) is 0 Å². The molecule has 0 aliphatic carbocycles. The molecule has 0 saturated carbocycles. The third-order valence-corrected chi connectivity index (χ3v) is 2.90. The summed E-state index contributed by atoms with van der Waals surface area (Å²) < 4.78 is 5.32. The first-order valence-corrected chi connectivity index (χ1v) is 5.28. The van der Waals surface area contributed by atoms with Gasteiger partial charge in [0.15, 0.2) is 0 Å². The third-order valence-electron chi connectivity index (χ3n) is 1.52. The Balaban J connectivity index is 3.18. The Morgan fingerprint density at radius 2 is 2.36 bits per heavy atom. The molecule has 0 fully saturated rings. The van der Waals surface area contributed by atoms with E-state index in [4.69, 9.17) is 10.00 Å². The van der Waals surface area contributed by atoms with E-state index >= 15 is 0 Å². The molecule has 5 nitrogen and oxygen atoms in total. The SMILES string of the molecule is COc1ccc([Se]C#N)c([N+](=O)[O-])c1. The zero-order valence-electron chi connectivity index (χ0n) is 7.26. The van der Waals surface area contributed by atoms with Crippen molar-refractivity contribution < 1.29 is 9.66 Å². The monoisotopic (exact) mass is 258 g/mol. The quantitative estimate of drug-likeness (QED) is 0.446. The molecule has 72 valence electrons. The Bertz CT molecular complexity index is 400. The van der Waals surface area contributed by atoms with E-state index in [9.17, 15) is 10.1 Å². The van der Waals surface area contributed by atoms with E-state index < -0.39 is 19.9 Å². The van der Waals surface area contributed by atoms with E-state index in [1.165, 1.54) is 13.2 Å². The number of methoxy groups -OCH3 is 1. The van der Waals surface area contributed by atoms with E-state index in [-0.39, 0.29) is 5.69 Å². The van der Waals surface area contributed by atoms with Crippen LogP contribution in [0.2, 0.25) is 0 Å². The summed E-state index contributed by atoms with van der Waals surface area (Å²) in [6.45, 7) is 0. The van der Waals surface area contributed by atoms with E-state index in [0.29, 0.717) is 10.2 Å². The van der Waals surface area contributed by atoms with Crippen molar-refractivity contribution in [2.75, 3.05) is 7.11 Å². The zero-order chi connectivity index (χ0) is 10.6. The Hall–Kier alpha value is -1.57. The van der Waals surface area contributed by atoms with Gasteiger partial charge in [0.1, 0.15) is 0 Å². The number of nitrogens with zero attached hydrogens (tertiary/aromatic N) is 2. The van der Waals surface area contributed by atoms with E-state index in [1.807, 2.05) is 4.97 Å². The number of ether oxygens (including phenoxy) is 1. The summed E-state index contributed by atoms with van der Waals surface area (Å²) in [5.74, 6) is 0.425. The first-order valence-electron chi connectivity index (χ1n) is 3.57. The van der Waals surface area contributed by atoms with Crippen molar-refractivity contribution in [3.63, 3.8) is 0 Å².